The highest BCUT2D eigenvalue weighted by Gasteiger charge is 2.45. The van der Waals surface area contributed by atoms with Crippen molar-refractivity contribution in [2.45, 2.75) is 38.8 Å². The Hall–Kier alpha value is -1.08. The van der Waals surface area contributed by atoms with Gasteiger partial charge in [-0.3, -0.25) is 4.79 Å². The maximum absolute atomic E-state index is 10.9. The number of carbonyl (C=O) groups excluding carboxylic acids is 1. The molecule has 3 fully saturated rings. The highest BCUT2D eigenvalue weighted by molar-refractivity contribution is 5.66. The molecule has 0 aromatic heterocycles. The highest BCUT2D eigenvalue weighted by atomic mass is 16.5. The van der Waals surface area contributed by atoms with Crippen LogP contribution >= 0.6 is 0 Å². The molecule has 16 heavy (non-hydrogen) atoms. The van der Waals surface area contributed by atoms with Crippen molar-refractivity contribution in [2.24, 2.45) is 17.8 Å². The number of hydrogen-bond acceptors (Lipinski definition) is 4. The third-order valence-electron chi connectivity index (χ3n) is 3.85. The number of nitriles is 1. The molecule has 0 spiro atoms. The lowest BCUT2D eigenvalue weighted by Gasteiger charge is -2.47. The second-order valence-corrected chi connectivity index (χ2v) is 4.99. The number of nitrogens with zero attached hydrogens (tertiary/aromatic N) is 1. The Labute approximate surface area is 96.0 Å². The molecule has 1 aliphatic carbocycles. The van der Waals surface area contributed by atoms with E-state index in [0.29, 0.717) is 11.8 Å². The predicted molar refractivity (Wildman–Crippen MR) is 58.3 cm³/mol. The standard InChI is InChI=1S/C12H18N2O2/c1-7(16-8(2)15)11-4-9-3-10(5-13)12(11)14-6-9/h7,9-12,14H,3-4,6H2,1-2H3/t7-,9-,10+,11-,12-/m0/s1. The zero-order chi connectivity index (χ0) is 11.7. The van der Waals surface area contributed by atoms with E-state index in [2.05, 4.69) is 11.4 Å². The van der Waals surface area contributed by atoms with Gasteiger partial charge in [0.05, 0.1) is 12.0 Å². The van der Waals surface area contributed by atoms with Gasteiger partial charge in [-0.05, 0) is 32.2 Å². The minimum Gasteiger partial charge on any atom is -0.463 e. The molecule has 2 bridgehead atoms. The predicted octanol–water partition coefficient (Wildman–Crippen LogP) is 1.08. The maximum Gasteiger partial charge on any atom is 0.302 e. The first-order valence-electron chi connectivity index (χ1n) is 5.92. The third kappa shape index (κ3) is 2.05. The Kier molecular flexibility index (Phi) is 3.15. The van der Waals surface area contributed by atoms with E-state index in [1.54, 1.807) is 0 Å². The van der Waals surface area contributed by atoms with E-state index in [1.165, 1.54) is 6.92 Å². The first-order valence-corrected chi connectivity index (χ1v) is 5.92. The number of ether oxygens (including phenoxy) is 1. The van der Waals surface area contributed by atoms with E-state index in [4.69, 9.17) is 10.00 Å². The van der Waals surface area contributed by atoms with Gasteiger partial charge in [0, 0.05) is 18.9 Å². The van der Waals surface area contributed by atoms with Gasteiger partial charge < -0.3 is 10.1 Å². The Morgan fingerprint density at radius 3 is 2.88 bits per heavy atom. The van der Waals surface area contributed by atoms with Crippen molar-refractivity contribution in [3.63, 3.8) is 0 Å². The van der Waals surface area contributed by atoms with Crippen LogP contribution in [0.5, 0.6) is 0 Å². The summed E-state index contributed by atoms with van der Waals surface area (Å²) in [5, 5.41) is 12.5. The molecule has 0 unspecified atom stereocenters. The number of fused-ring (bicyclic) bond motifs is 3. The molecule has 2 heterocycles. The second kappa shape index (κ2) is 4.42. The van der Waals surface area contributed by atoms with Crippen LogP contribution in [0.15, 0.2) is 0 Å². The Morgan fingerprint density at radius 1 is 1.56 bits per heavy atom. The molecular weight excluding hydrogens is 204 g/mol. The van der Waals surface area contributed by atoms with Crippen molar-refractivity contribution >= 4 is 5.97 Å². The molecule has 88 valence electrons. The van der Waals surface area contributed by atoms with Gasteiger partial charge >= 0.3 is 5.97 Å². The fraction of sp³-hybridized carbons (Fsp3) is 0.833. The topological polar surface area (TPSA) is 62.1 Å². The van der Waals surface area contributed by atoms with Crippen molar-refractivity contribution in [1.82, 2.24) is 5.32 Å². The summed E-state index contributed by atoms with van der Waals surface area (Å²) in [6.45, 7) is 4.38. The third-order valence-corrected chi connectivity index (χ3v) is 3.85. The molecule has 2 aliphatic heterocycles. The Bertz CT molecular complexity index is 323. The van der Waals surface area contributed by atoms with E-state index in [1.807, 2.05) is 6.92 Å². The molecule has 5 atom stereocenters. The normalized spacial score (nSPS) is 38.8. The molecule has 2 saturated heterocycles. The number of carbonyl (C=O) groups is 1. The number of rotatable bonds is 2. The van der Waals surface area contributed by atoms with Crippen LogP contribution in [0, 0.1) is 29.1 Å². The van der Waals surface area contributed by atoms with Crippen LogP contribution in [-0.2, 0) is 9.53 Å². The van der Waals surface area contributed by atoms with E-state index < -0.39 is 0 Å². The minimum absolute atomic E-state index is 0.0792. The number of hydrogen-bond donors (Lipinski definition) is 1. The fourth-order valence-corrected chi connectivity index (χ4v) is 3.16. The molecule has 0 aromatic carbocycles. The molecular formula is C12H18N2O2. The smallest absolute Gasteiger partial charge is 0.302 e. The summed E-state index contributed by atoms with van der Waals surface area (Å²) in [4.78, 5) is 10.9. The SMILES string of the molecule is CC(=O)O[C@@H](C)[C@@H]1C[C@H]2CN[C@H]1[C@@H](C#N)C2. The quantitative estimate of drug-likeness (QED) is 0.710. The summed E-state index contributed by atoms with van der Waals surface area (Å²) in [6, 6.07) is 2.57. The lowest BCUT2D eigenvalue weighted by Crippen LogP contribution is -2.58. The molecule has 0 aromatic rings. The number of nitrogens with one attached hydrogen (secondary N) is 1. The van der Waals surface area contributed by atoms with Crippen LogP contribution in [0.2, 0.25) is 0 Å². The average Bonchev–Trinajstić information content (AvgIpc) is 2.28. The monoisotopic (exact) mass is 222 g/mol. The molecule has 1 saturated carbocycles. The van der Waals surface area contributed by atoms with Crippen molar-refractivity contribution in [2.75, 3.05) is 6.54 Å². The molecule has 3 rings (SSSR count). The second-order valence-electron chi connectivity index (χ2n) is 4.99. The summed E-state index contributed by atoms with van der Waals surface area (Å²) in [6.07, 6.45) is 1.98. The van der Waals surface area contributed by atoms with Gasteiger partial charge in [-0.1, -0.05) is 0 Å². The summed E-state index contributed by atoms with van der Waals surface area (Å²) in [7, 11) is 0. The van der Waals surface area contributed by atoms with Gasteiger partial charge in [0.15, 0.2) is 0 Å². The first kappa shape index (κ1) is 11.4. The lowest BCUT2D eigenvalue weighted by atomic mass is 9.67. The molecule has 4 nitrogen and oxygen atoms in total. The van der Waals surface area contributed by atoms with E-state index >= 15 is 0 Å². The van der Waals surface area contributed by atoms with Gasteiger partial charge in [0.1, 0.15) is 6.10 Å². The molecule has 3 aliphatic rings. The van der Waals surface area contributed by atoms with Gasteiger partial charge in [0.25, 0.3) is 0 Å². The molecule has 0 radical (unpaired) electrons. The van der Waals surface area contributed by atoms with E-state index in [-0.39, 0.29) is 24.0 Å². The van der Waals surface area contributed by atoms with Crippen molar-refractivity contribution in [1.29, 1.82) is 5.26 Å². The average molecular weight is 222 g/mol. The van der Waals surface area contributed by atoms with Gasteiger partial charge in [-0.25, -0.2) is 0 Å². The van der Waals surface area contributed by atoms with Crippen LogP contribution in [0.3, 0.4) is 0 Å². The van der Waals surface area contributed by atoms with Gasteiger partial charge in [0.2, 0.25) is 0 Å². The zero-order valence-electron chi connectivity index (χ0n) is 9.77. The Balaban J connectivity index is 2.05. The molecule has 1 N–H and O–H groups in total. The van der Waals surface area contributed by atoms with Crippen molar-refractivity contribution in [3.8, 4) is 6.07 Å². The van der Waals surface area contributed by atoms with Crippen LogP contribution in [-0.4, -0.2) is 24.7 Å². The zero-order valence-corrected chi connectivity index (χ0v) is 9.77. The highest BCUT2D eigenvalue weighted by Crippen LogP contribution is 2.39. The van der Waals surface area contributed by atoms with Crippen LogP contribution in [0.25, 0.3) is 0 Å². The number of piperidine rings is 2. The van der Waals surface area contributed by atoms with Gasteiger partial charge in [-0.2, -0.15) is 5.26 Å². The van der Waals surface area contributed by atoms with Crippen LogP contribution < -0.4 is 5.32 Å². The largest absolute Gasteiger partial charge is 0.463 e. The van der Waals surface area contributed by atoms with E-state index in [9.17, 15) is 4.79 Å². The minimum atomic E-state index is -0.234. The first-order chi connectivity index (χ1) is 7.61. The molecule has 0 amide bonds. The summed E-state index contributed by atoms with van der Waals surface area (Å²) in [5.74, 6) is 0.705. The van der Waals surface area contributed by atoms with Crippen molar-refractivity contribution < 1.29 is 9.53 Å². The fourth-order valence-electron chi connectivity index (χ4n) is 3.16. The summed E-state index contributed by atoms with van der Waals surface area (Å²) in [5.41, 5.74) is 0. The Morgan fingerprint density at radius 2 is 2.31 bits per heavy atom. The van der Waals surface area contributed by atoms with Gasteiger partial charge in [-0.15, -0.1) is 0 Å². The number of esters is 1. The molecule has 4 heteroatoms. The van der Waals surface area contributed by atoms with E-state index in [0.717, 1.165) is 19.4 Å². The van der Waals surface area contributed by atoms with Crippen LogP contribution in [0.1, 0.15) is 26.7 Å². The lowest BCUT2D eigenvalue weighted by molar-refractivity contribution is -0.150. The summed E-state index contributed by atoms with van der Waals surface area (Å²) < 4.78 is 5.25. The summed E-state index contributed by atoms with van der Waals surface area (Å²) >= 11 is 0. The maximum atomic E-state index is 10.9. The van der Waals surface area contributed by atoms with Crippen molar-refractivity contribution in [3.05, 3.63) is 0 Å². The van der Waals surface area contributed by atoms with Crippen LogP contribution in [0.4, 0.5) is 0 Å².